The summed E-state index contributed by atoms with van der Waals surface area (Å²) in [5.74, 6) is 0.709. The van der Waals surface area contributed by atoms with Gasteiger partial charge >= 0.3 is 0 Å². The van der Waals surface area contributed by atoms with E-state index in [1.54, 1.807) is 11.8 Å². The molecule has 0 spiro atoms. The third kappa shape index (κ3) is 4.34. The zero-order chi connectivity index (χ0) is 11.8. The molecule has 0 atom stereocenters. The lowest BCUT2D eigenvalue weighted by atomic mass is 10.2. The fourth-order valence-electron chi connectivity index (χ4n) is 1.39. The lowest BCUT2D eigenvalue weighted by Gasteiger charge is -2.11. The highest BCUT2D eigenvalue weighted by Crippen LogP contribution is 2.28. The van der Waals surface area contributed by atoms with Crippen LogP contribution in [0.25, 0.3) is 0 Å². The van der Waals surface area contributed by atoms with Crippen LogP contribution in [0, 0.1) is 0 Å². The van der Waals surface area contributed by atoms with Crippen LogP contribution in [0.5, 0.6) is 0 Å². The van der Waals surface area contributed by atoms with Crippen LogP contribution in [0.3, 0.4) is 0 Å². The van der Waals surface area contributed by atoms with Crippen LogP contribution in [-0.2, 0) is 6.54 Å². The van der Waals surface area contributed by atoms with Gasteiger partial charge in [0.1, 0.15) is 0 Å². The van der Waals surface area contributed by atoms with Gasteiger partial charge in [-0.2, -0.15) is 0 Å². The van der Waals surface area contributed by atoms with Crippen molar-refractivity contribution >= 4 is 23.4 Å². The Morgan fingerprint density at radius 2 is 2.25 bits per heavy atom. The van der Waals surface area contributed by atoms with E-state index in [9.17, 15) is 0 Å². The topological polar surface area (TPSA) is 32.3 Å². The van der Waals surface area contributed by atoms with Crippen LogP contribution >= 0.6 is 23.4 Å². The molecule has 2 N–H and O–H groups in total. The maximum absolute atomic E-state index is 8.83. The standard InChI is InChI=1S/C12H18ClNOS/c1-2-6-14-9-10-11(13)4-3-5-12(10)16-8-7-15/h3-5,14-15H,2,6-9H2,1H3. The molecule has 0 fully saturated rings. The maximum Gasteiger partial charge on any atom is 0.0525 e. The van der Waals surface area contributed by atoms with Crippen molar-refractivity contribution in [2.45, 2.75) is 24.8 Å². The molecule has 0 aromatic heterocycles. The molecular weight excluding hydrogens is 242 g/mol. The summed E-state index contributed by atoms with van der Waals surface area (Å²) in [5, 5.41) is 13.0. The number of halogens is 1. The molecule has 4 heteroatoms. The fraction of sp³-hybridized carbons (Fsp3) is 0.500. The highest BCUT2D eigenvalue weighted by molar-refractivity contribution is 7.99. The zero-order valence-electron chi connectivity index (χ0n) is 9.50. The third-order valence-electron chi connectivity index (χ3n) is 2.15. The monoisotopic (exact) mass is 259 g/mol. The fourth-order valence-corrected chi connectivity index (χ4v) is 2.53. The van der Waals surface area contributed by atoms with Crippen molar-refractivity contribution in [3.63, 3.8) is 0 Å². The summed E-state index contributed by atoms with van der Waals surface area (Å²) in [5.41, 5.74) is 1.14. The van der Waals surface area contributed by atoms with Gasteiger partial charge in [-0.05, 0) is 30.7 Å². The zero-order valence-corrected chi connectivity index (χ0v) is 11.1. The average Bonchev–Trinajstić information content (AvgIpc) is 2.29. The summed E-state index contributed by atoms with van der Waals surface area (Å²) >= 11 is 7.82. The second-order valence-corrected chi connectivity index (χ2v) is 5.01. The first-order valence-corrected chi connectivity index (χ1v) is 6.87. The maximum atomic E-state index is 8.83. The van der Waals surface area contributed by atoms with E-state index in [4.69, 9.17) is 16.7 Å². The molecule has 0 saturated heterocycles. The quantitative estimate of drug-likeness (QED) is 0.583. The Labute approximate surface area is 106 Å². The van der Waals surface area contributed by atoms with Crippen molar-refractivity contribution in [3.8, 4) is 0 Å². The number of nitrogens with one attached hydrogen (secondary N) is 1. The van der Waals surface area contributed by atoms with Crippen molar-refractivity contribution in [2.24, 2.45) is 0 Å². The summed E-state index contributed by atoms with van der Waals surface area (Å²) < 4.78 is 0. The number of aliphatic hydroxyl groups is 1. The summed E-state index contributed by atoms with van der Waals surface area (Å²) in [6, 6.07) is 5.91. The van der Waals surface area contributed by atoms with Crippen molar-refractivity contribution in [1.82, 2.24) is 5.32 Å². The van der Waals surface area contributed by atoms with Crippen LogP contribution in [0.4, 0.5) is 0 Å². The Bertz CT molecular complexity index is 320. The van der Waals surface area contributed by atoms with Gasteiger partial charge in [-0.25, -0.2) is 0 Å². The molecule has 0 bridgehead atoms. The van der Waals surface area contributed by atoms with Crippen molar-refractivity contribution in [3.05, 3.63) is 28.8 Å². The summed E-state index contributed by atoms with van der Waals surface area (Å²) in [6.45, 7) is 4.12. The second kappa shape index (κ2) is 7.96. The predicted octanol–water partition coefficient (Wildman–Crippen LogP) is 2.92. The predicted molar refractivity (Wildman–Crippen MR) is 71.3 cm³/mol. The summed E-state index contributed by atoms with van der Waals surface area (Å²) in [4.78, 5) is 1.16. The molecule has 0 unspecified atom stereocenters. The van der Waals surface area contributed by atoms with Gasteiger partial charge < -0.3 is 10.4 Å². The Balaban J connectivity index is 2.69. The van der Waals surface area contributed by atoms with E-state index < -0.39 is 0 Å². The molecule has 2 nitrogen and oxygen atoms in total. The smallest absolute Gasteiger partial charge is 0.0525 e. The molecule has 90 valence electrons. The molecule has 0 aliphatic rings. The Morgan fingerprint density at radius 1 is 1.44 bits per heavy atom. The third-order valence-corrected chi connectivity index (χ3v) is 3.59. The molecule has 0 saturated carbocycles. The number of rotatable bonds is 7. The molecule has 0 aliphatic carbocycles. The van der Waals surface area contributed by atoms with E-state index in [1.807, 2.05) is 12.1 Å². The lowest BCUT2D eigenvalue weighted by molar-refractivity contribution is 0.322. The van der Waals surface area contributed by atoms with Gasteiger partial charge in [0.05, 0.1) is 6.61 Å². The first-order chi connectivity index (χ1) is 7.79. The van der Waals surface area contributed by atoms with E-state index in [-0.39, 0.29) is 6.61 Å². The second-order valence-electron chi connectivity index (χ2n) is 3.47. The van der Waals surface area contributed by atoms with Crippen molar-refractivity contribution < 1.29 is 5.11 Å². The minimum absolute atomic E-state index is 0.193. The molecule has 1 rings (SSSR count). The number of benzene rings is 1. The highest BCUT2D eigenvalue weighted by atomic mass is 35.5. The van der Waals surface area contributed by atoms with Gasteiger partial charge in [0.25, 0.3) is 0 Å². The van der Waals surface area contributed by atoms with Gasteiger partial charge in [0, 0.05) is 22.2 Å². The molecule has 0 heterocycles. The molecule has 1 aromatic carbocycles. The molecular formula is C12H18ClNOS. The van der Waals surface area contributed by atoms with Gasteiger partial charge in [-0.3, -0.25) is 0 Å². The first-order valence-electron chi connectivity index (χ1n) is 5.51. The van der Waals surface area contributed by atoms with Crippen LogP contribution < -0.4 is 5.32 Å². The van der Waals surface area contributed by atoms with Crippen LogP contribution in [0.15, 0.2) is 23.1 Å². The molecule has 16 heavy (non-hydrogen) atoms. The number of hydrogen-bond donors (Lipinski definition) is 2. The Kier molecular flexibility index (Phi) is 6.88. The van der Waals surface area contributed by atoms with E-state index >= 15 is 0 Å². The minimum atomic E-state index is 0.193. The SMILES string of the molecule is CCCNCc1c(Cl)cccc1SCCO. The number of thioether (sulfide) groups is 1. The highest BCUT2D eigenvalue weighted by Gasteiger charge is 2.06. The largest absolute Gasteiger partial charge is 0.396 e. The summed E-state index contributed by atoms with van der Waals surface area (Å²) in [7, 11) is 0. The molecule has 0 amide bonds. The lowest BCUT2D eigenvalue weighted by Crippen LogP contribution is -2.14. The molecule has 0 aliphatic heterocycles. The Hall–Kier alpha value is -0.220. The summed E-state index contributed by atoms with van der Waals surface area (Å²) in [6.07, 6.45) is 1.11. The van der Waals surface area contributed by atoms with Crippen LogP contribution in [0.1, 0.15) is 18.9 Å². The number of aliphatic hydroxyl groups excluding tert-OH is 1. The van der Waals surface area contributed by atoms with Crippen molar-refractivity contribution in [2.75, 3.05) is 18.9 Å². The van der Waals surface area contributed by atoms with E-state index in [0.29, 0.717) is 5.75 Å². The van der Waals surface area contributed by atoms with E-state index in [0.717, 1.165) is 35.0 Å². The normalized spacial score (nSPS) is 10.7. The Morgan fingerprint density at radius 3 is 2.94 bits per heavy atom. The van der Waals surface area contributed by atoms with Crippen LogP contribution in [0.2, 0.25) is 5.02 Å². The van der Waals surface area contributed by atoms with Crippen LogP contribution in [-0.4, -0.2) is 24.0 Å². The number of hydrogen-bond acceptors (Lipinski definition) is 3. The van der Waals surface area contributed by atoms with Gasteiger partial charge in [-0.1, -0.05) is 24.6 Å². The van der Waals surface area contributed by atoms with Gasteiger partial charge in [-0.15, -0.1) is 11.8 Å². The van der Waals surface area contributed by atoms with Gasteiger partial charge in [0.2, 0.25) is 0 Å². The van der Waals surface area contributed by atoms with E-state index in [2.05, 4.69) is 18.3 Å². The molecule has 1 aromatic rings. The average molecular weight is 260 g/mol. The van der Waals surface area contributed by atoms with E-state index in [1.165, 1.54) is 0 Å². The van der Waals surface area contributed by atoms with Crippen molar-refractivity contribution in [1.29, 1.82) is 0 Å². The minimum Gasteiger partial charge on any atom is -0.396 e. The molecule has 0 radical (unpaired) electrons. The van der Waals surface area contributed by atoms with Gasteiger partial charge in [0.15, 0.2) is 0 Å². The first kappa shape index (κ1) is 13.8.